The number of aryl methyl sites for hydroxylation is 1. The molecule has 1 aliphatic rings. The number of hydrogen-bond donors (Lipinski definition) is 1. The topological polar surface area (TPSA) is 82.6 Å². The Labute approximate surface area is 187 Å². The van der Waals surface area contributed by atoms with Crippen LogP contribution in [0.1, 0.15) is 37.9 Å². The summed E-state index contributed by atoms with van der Waals surface area (Å²) < 4.78 is 0. The van der Waals surface area contributed by atoms with Crippen molar-refractivity contribution in [1.82, 2.24) is 14.8 Å². The van der Waals surface area contributed by atoms with Crippen LogP contribution < -0.4 is 5.32 Å². The van der Waals surface area contributed by atoms with Gasteiger partial charge in [0.15, 0.2) is 5.13 Å². The lowest BCUT2D eigenvalue weighted by Gasteiger charge is -2.34. The number of amides is 3. The molecule has 166 valence electrons. The zero-order valence-electron chi connectivity index (χ0n) is 18.2. The van der Waals surface area contributed by atoms with E-state index in [1.807, 2.05) is 36.9 Å². The summed E-state index contributed by atoms with van der Waals surface area (Å²) in [6, 6.07) is 10.2. The molecule has 7 nitrogen and oxygen atoms in total. The monoisotopic (exact) mass is 442 g/mol. The van der Waals surface area contributed by atoms with Gasteiger partial charge in [-0.05, 0) is 18.4 Å². The number of nitrogens with one attached hydrogen (secondary N) is 1. The van der Waals surface area contributed by atoms with Crippen molar-refractivity contribution in [2.45, 2.75) is 39.5 Å². The molecule has 2 heterocycles. The van der Waals surface area contributed by atoms with Crippen molar-refractivity contribution in [3.63, 3.8) is 0 Å². The van der Waals surface area contributed by atoms with Crippen LogP contribution in [-0.2, 0) is 27.2 Å². The van der Waals surface area contributed by atoms with Gasteiger partial charge in [0.2, 0.25) is 17.7 Å². The van der Waals surface area contributed by atoms with E-state index in [1.165, 1.54) is 16.9 Å². The van der Waals surface area contributed by atoms with Crippen LogP contribution in [0.25, 0.3) is 0 Å². The minimum atomic E-state index is -0.119. The van der Waals surface area contributed by atoms with E-state index in [-0.39, 0.29) is 30.1 Å². The van der Waals surface area contributed by atoms with Crippen LogP contribution in [0.4, 0.5) is 5.13 Å². The Morgan fingerprint density at radius 2 is 1.68 bits per heavy atom. The number of carbonyl (C=O) groups is 3. The van der Waals surface area contributed by atoms with Crippen molar-refractivity contribution >= 4 is 34.2 Å². The van der Waals surface area contributed by atoms with Gasteiger partial charge < -0.3 is 15.1 Å². The maximum Gasteiger partial charge on any atom is 0.228 e. The first-order valence-electron chi connectivity index (χ1n) is 10.8. The van der Waals surface area contributed by atoms with Gasteiger partial charge in [-0.2, -0.15) is 0 Å². The number of benzene rings is 1. The molecule has 8 heteroatoms. The molecule has 0 spiro atoms. The van der Waals surface area contributed by atoms with E-state index in [4.69, 9.17) is 0 Å². The summed E-state index contributed by atoms with van der Waals surface area (Å²) >= 11 is 1.33. The van der Waals surface area contributed by atoms with Crippen molar-refractivity contribution in [3.8, 4) is 0 Å². The second kappa shape index (κ2) is 11.0. The summed E-state index contributed by atoms with van der Waals surface area (Å²) in [6.45, 7) is 5.88. The van der Waals surface area contributed by atoms with Crippen LogP contribution in [0, 0.1) is 5.92 Å². The van der Waals surface area contributed by atoms with Crippen LogP contribution in [0.3, 0.4) is 0 Å². The largest absolute Gasteiger partial charge is 0.339 e. The molecular formula is C23H30N4O3S. The molecule has 1 saturated heterocycles. The van der Waals surface area contributed by atoms with Crippen LogP contribution in [0.15, 0.2) is 35.7 Å². The first kappa shape index (κ1) is 22.9. The van der Waals surface area contributed by atoms with Gasteiger partial charge in [-0.1, -0.05) is 44.2 Å². The van der Waals surface area contributed by atoms with Crippen LogP contribution >= 0.6 is 11.3 Å². The van der Waals surface area contributed by atoms with Crippen LogP contribution in [0.2, 0.25) is 0 Å². The highest BCUT2D eigenvalue weighted by molar-refractivity contribution is 7.13. The minimum absolute atomic E-state index is 0.00297. The zero-order valence-corrected chi connectivity index (χ0v) is 19.0. The highest BCUT2D eigenvalue weighted by Gasteiger charge is 2.24. The Balaban J connectivity index is 1.39. The minimum Gasteiger partial charge on any atom is -0.339 e. The smallest absolute Gasteiger partial charge is 0.228 e. The molecule has 1 aromatic heterocycles. The summed E-state index contributed by atoms with van der Waals surface area (Å²) in [5.41, 5.74) is 1.91. The van der Waals surface area contributed by atoms with Gasteiger partial charge in [0, 0.05) is 43.9 Å². The van der Waals surface area contributed by atoms with E-state index in [0.29, 0.717) is 43.4 Å². The molecule has 1 N–H and O–H groups in total. The Kier molecular flexibility index (Phi) is 8.17. The molecule has 31 heavy (non-hydrogen) atoms. The molecule has 0 bridgehead atoms. The number of aromatic nitrogens is 1. The van der Waals surface area contributed by atoms with Gasteiger partial charge in [-0.15, -0.1) is 11.3 Å². The quantitative estimate of drug-likeness (QED) is 0.681. The van der Waals surface area contributed by atoms with Crippen molar-refractivity contribution in [2.24, 2.45) is 5.92 Å². The number of hydrogen-bond acceptors (Lipinski definition) is 5. The number of piperazine rings is 1. The van der Waals surface area contributed by atoms with Gasteiger partial charge in [0.05, 0.1) is 12.1 Å². The molecule has 0 unspecified atom stereocenters. The molecule has 3 amide bonds. The van der Waals surface area contributed by atoms with Gasteiger partial charge in [0.25, 0.3) is 0 Å². The first-order chi connectivity index (χ1) is 14.9. The van der Waals surface area contributed by atoms with E-state index < -0.39 is 0 Å². The molecule has 0 saturated carbocycles. The van der Waals surface area contributed by atoms with Gasteiger partial charge in [0.1, 0.15) is 0 Å². The second-order valence-corrected chi connectivity index (χ2v) is 8.92. The SMILES string of the molecule is CC(C)C(=O)Nc1nc(CC(=O)N2CCN(C(=O)CCCc3ccccc3)CC2)cs1. The third-order valence-corrected chi connectivity index (χ3v) is 6.13. The van der Waals surface area contributed by atoms with E-state index in [1.54, 1.807) is 10.3 Å². The lowest BCUT2D eigenvalue weighted by molar-refractivity contribution is -0.139. The normalized spacial score (nSPS) is 14.0. The number of anilines is 1. The Bertz CT molecular complexity index is 889. The molecule has 0 atom stereocenters. The maximum atomic E-state index is 12.6. The summed E-state index contributed by atoms with van der Waals surface area (Å²) in [5.74, 6) is -0.0422. The number of nitrogens with zero attached hydrogens (tertiary/aromatic N) is 3. The highest BCUT2D eigenvalue weighted by atomic mass is 32.1. The third-order valence-electron chi connectivity index (χ3n) is 5.32. The molecule has 1 aromatic carbocycles. The standard InChI is InChI=1S/C23H30N4O3S/c1-17(2)22(30)25-23-24-19(16-31-23)15-21(29)27-13-11-26(12-14-27)20(28)10-6-9-18-7-4-3-5-8-18/h3-5,7-8,16-17H,6,9-15H2,1-2H3,(H,24,25,30). The fraction of sp³-hybridized carbons (Fsp3) is 0.478. The fourth-order valence-corrected chi connectivity index (χ4v) is 4.13. The Morgan fingerprint density at radius 1 is 1.03 bits per heavy atom. The Morgan fingerprint density at radius 3 is 2.32 bits per heavy atom. The van der Waals surface area contributed by atoms with Crippen molar-refractivity contribution < 1.29 is 14.4 Å². The molecular weight excluding hydrogens is 412 g/mol. The average Bonchev–Trinajstić information content (AvgIpc) is 3.21. The predicted molar refractivity (Wildman–Crippen MR) is 122 cm³/mol. The van der Waals surface area contributed by atoms with Crippen molar-refractivity contribution in [1.29, 1.82) is 0 Å². The summed E-state index contributed by atoms with van der Waals surface area (Å²) in [7, 11) is 0. The number of thiazole rings is 1. The van der Waals surface area contributed by atoms with Crippen molar-refractivity contribution in [3.05, 3.63) is 47.0 Å². The number of carbonyl (C=O) groups excluding carboxylic acids is 3. The molecule has 1 aliphatic heterocycles. The molecule has 0 radical (unpaired) electrons. The van der Waals surface area contributed by atoms with Crippen LogP contribution in [-0.4, -0.2) is 58.7 Å². The van der Waals surface area contributed by atoms with E-state index in [2.05, 4.69) is 22.4 Å². The zero-order chi connectivity index (χ0) is 22.2. The van der Waals surface area contributed by atoms with E-state index >= 15 is 0 Å². The predicted octanol–water partition coefficient (Wildman–Crippen LogP) is 2.97. The lowest BCUT2D eigenvalue weighted by atomic mass is 10.1. The van der Waals surface area contributed by atoms with E-state index in [0.717, 1.165) is 12.8 Å². The highest BCUT2D eigenvalue weighted by Crippen LogP contribution is 2.18. The van der Waals surface area contributed by atoms with Gasteiger partial charge in [-0.25, -0.2) is 4.98 Å². The van der Waals surface area contributed by atoms with Crippen molar-refractivity contribution in [2.75, 3.05) is 31.5 Å². The number of rotatable bonds is 8. The van der Waals surface area contributed by atoms with E-state index in [9.17, 15) is 14.4 Å². The summed E-state index contributed by atoms with van der Waals surface area (Å²) in [6.07, 6.45) is 2.48. The molecule has 1 fully saturated rings. The summed E-state index contributed by atoms with van der Waals surface area (Å²) in [5, 5.41) is 5.09. The second-order valence-electron chi connectivity index (χ2n) is 8.07. The van der Waals surface area contributed by atoms with Crippen LogP contribution in [0.5, 0.6) is 0 Å². The van der Waals surface area contributed by atoms with Gasteiger partial charge >= 0.3 is 0 Å². The molecule has 3 rings (SSSR count). The molecule has 2 aromatic rings. The fourth-order valence-electron chi connectivity index (χ4n) is 3.41. The first-order valence-corrected chi connectivity index (χ1v) is 11.6. The molecule has 0 aliphatic carbocycles. The lowest BCUT2D eigenvalue weighted by Crippen LogP contribution is -2.51. The maximum absolute atomic E-state index is 12.6. The third kappa shape index (κ3) is 6.89. The average molecular weight is 443 g/mol. The summed E-state index contributed by atoms with van der Waals surface area (Å²) in [4.78, 5) is 44.8. The Hall–Kier alpha value is -2.74. The van der Waals surface area contributed by atoms with Gasteiger partial charge in [-0.3, -0.25) is 14.4 Å².